The van der Waals surface area contributed by atoms with E-state index in [4.69, 9.17) is 11.6 Å². The number of hydrogen-bond donors (Lipinski definition) is 1. The Labute approximate surface area is 90.7 Å². The molecule has 1 N–H and O–H groups in total. The van der Waals surface area contributed by atoms with E-state index in [-0.39, 0.29) is 6.10 Å². The third kappa shape index (κ3) is 3.00. The summed E-state index contributed by atoms with van der Waals surface area (Å²) < 4.78 is 0. The summed E-state index contributed by atoms with van der Waals surface area (Å²) in [6.07, 6.45) is 0.423. The van der Waals surface area contributed by atoms with Gasteiger partial charge in [0.1, 0.15) is 0 Å². The molecule has 0 aliphatic heterocycles. The van der Waals surface area contributed by atoms with E-state index in [0.717, 1.165) is 22.6 Å². The molecular weight excluding hydrogens is 196 g/mol. The van der Waals surface area contributed by atoms with E-state index in [1.165, 1.54) is 0 Å². The lowest BCUT2D eigenvalue weighted by molar-refractivity contribution is 0.151. The van der Waals surface area contributed by atoms with Gasteiger partial charge in [-0.1, -0.05) is 37.6 Å². The number of rotatable bonds is 3. The van der Waals surface area contributed by atoms with Crippen molar-refractivity contribution in [3.05, 3.63) is 34.3 Å². The zero-order chi connectivity index (χ0) is 10.7. The molecule has 0 amide bonds. The number of aliphatic hydroxyl groups excluding tert-OH is 1. The number of hydrogen-bond acceptors (Lipinski definition) is 1. The minimum Gasteiger partial charge on any atom is -0.388 e. The van der Waals surface area contributed by atoms with Gasteiger partial charge in [-0.25, -0.2) is 0 Å². The van der Waals surface area contributed by atoms with E-state index in [2.05, 4.69) is 13.8 Å². The van der Waals surface area contributed by atoms with Gasteiger partial charge in [0.2, 0.25) is 0 Å². The molecule has 0 aliphatic carbocycles. The number of benzene rings is 1. The van der Waals surface area contributed by atoms with Gasteiger partial charge in [-0.2, -0.15) is 0 Å². The maximum absolute atomic E-state index is 9.86. The number of aryl methyl sites for hydroxylation is 1. The molecule has 0 aliphatic rings. The monoisotopic (exact) mass is 212 g/mol. The van der Waals surface area contributed by atoms with Crippen molar-refractivity contribution in [2.75, 3.05) is 0 Å². The van der Waals surface area contributed by atoms with Crippen LogP contribution in [-0.2, 0) is 0 Å². The first-order valence-corrected chi connectivity index (χ1v) is 5.32. The zero-order valence-corrected chi connectivity index (χ0v) is 9.67. The van der Waals surface area contributed by atoms with Gasteiger partial charge in [-0.05, 0) is 36.5 Å². The normalized spacial score (nSPS) is 13.3. The Morgan fingerprint density at radius 1 is 1.36 bits per heavy atom. The van der Waals surface area contributed by atoms with Crippen molar-refractivity contribution in [3.8, 4) is 0 Å². The second-order valence-corrected chi connectivity index (χ2v) is 4.56. The highest BCUT2D eigenvalue weighted by molar-refractivity contribution is 6.31. The SMILES string of the molecule is Cc1cc(C(O)CC(C)C)ccc1Cl. The molecule has 78 valence electrons. The fourth-order valence-electron chi connectivity index (χ4n) is 1.46. The van der Waals surface area contributed by atoms with Crippen molar-refractivity contribution in [1.82, 2.24) is 0 Å². The third-order valence-electron chi connectivity index (χ3n) is 2.26. The van der Waals surface area contributed by atoms with Crippen LogP contribution in [0, 0.1) is 12.8 Å². The van der Waals surface area contributed by atoms with Crippen LogP contribution in [0.1, 0.15) is 37.5 Å². The molecule has 0 radical (unpaired) electrons. The van der Waals surface area contributed by atoms with E-state index in [0.29, 0.717) is 5.92 Å². The Kier molecular flexibility index (Phi) is 3.97. The number of halogens is 1. The van der Waals surface area contributed by atoms with Gasteiger partial charge in [-0.3, -0.25) is 0 Å². The molecule has 1 rings (SSSR count). The van der Waals surface area contributed by atoms with Gasteiger partial charge < -0.3 is 5.11 Å². The molecule has 0 spiro atoms. The lowest BCUT2D eigenvalue weighted by Gasteiger charge is -2.14. The summed E-state index contributed by atoms with van der Waals surface area (Å²) in [6, 6.07) is 5.69. The summed E-state index contributed by atoms with van der Waals surface area (Å²) in [4.78, 5) is 0. The van der Waals surface area contributed by atoms with E-state index >= 15 is 0 Å². The van der Waals surface area contributed by atoms with Crippen molar-refractivity contribution < 1.29 is 5.11 Å². The summed E-state index contributed by atoms with van der Waals surface area (Å²) in [6.45, 7) is 6.16. The van der Waals surface area contributed by atoms with Crippen LogP contribution in [0.4, 0.5) is 0 Å². The fraction of sp³-hybridized carbons (Fsp3) is 0.500. The Bertz CT molecular complexity index is 307. The van der Waals surface area contributed by atoms with Crippen molar-refractivity contribution in [1.29, 1.82) is 0 Å². The van der Waals surface area contributed by atoms with Crippen LogP contribution < -0.4 is 0 Å². The predicted molar refractivity (Wildman–Crippen MR) is 60.6 cm³/mol. The molecule has 1 aromatic carbocycles. The summed E-state index contributed by atoms with van der Waals surface area (Å²) in [5.74, 6) is 0.501. The second-order valence-electron chi connectivity index (χ2n) is 4.15. The molecule has 0 aromatic heterocycles. The molecule has 0 bridgehead atoms. The Morgan fingerprint density at radius 3 is 2.50 bits per heavy atom. The predicted octanol–water partition coefficient (Wildman–Crippen LogP) is 3.73. The molecule has 14 heavy (non-hydrogen) atoms. The van der Waals surface area contributed by atoms with Crippen molar-refractivity contribution >= 4 is 11.6 Å². The Hall–Kier alpha value is -0.530. The van der Waals surface area contributed by atoms with E-state index in [9.17, 15) is 5.11 Å². The lowest BCUT2D eigenvalue weighted by Crippen LogP contribution is -2.02. The highest BCUT2D eigenvalue weighted by Crippen LogP contribution is 2.24. The maximum atomic E-state index is 9.86. The van der Waals surface area contributed by atoms with E-state index < -0.39 is 0 Å². The minimum absolute atomic E-state index is 0.369. The van der Waals surface area contributed by atoms with Gasteiger partial charge in [0, 0.05) is 5.02 Å². The minimum atomic E-state index is -0.369. The van der Waals surface area contributed by atoms with Crippen LogP contribution >= 0.6 is 11.6 Å². The first kappa shape index (κ1) is 11.5. The second kappa shape index (κ2) is 4.81. The van der Waals surface area contributed by atoms with Crippen LogP contribution in [0.3, 0.4) is 0 Å². The summed E-state index contributed by atoms with van der Waals surface area (Å²) in [7, 11) is 0. The quantitative estimate of drug-likeness (QED) is 0.810. The highest BCUT2D eigenvalue weighted by Gasteiger charge is 2.10. The topological polar surface area (TPSA) is 20.2 Å². The lowest BCUT2D eigenvalue weighted by atomic mass is 9.98. The molecule has 2 heteroatoms. The largest absolute Gasteiger partial charge is 0.388 e. The number of aliphatic hydroxyl groups is 1. The molecule has 1 unspecified atom stereocenters. The van der Waals surface area contributed by atoms with Crippen LogP contribution in [0.25, 0.3) is 0 Å². The molecule has 1 atom stereocenters. The van der Waals surface area contributed by atoms with E-state index in [1.807, 2.05) is 25.1 Å². The van der Waals surface area contributed by atoms with Crippen LogP contribution in [-0.4, -0.2) is 5.11 Å². The maximum Gasteiger partial charge on any atom is 0.0792 e. The van der Waals surface area contributed by atoms with Crippen LogP contribution in [0.15, 0.2) is 18.2 Å². The summed E-state index contributed by atoms with van der Waals surface area (Å²) in [5, 5.41) is 10.6. The molecular formula is C12H17ClO. The van der Waals surface area contributed by atoms with E-state index in [1.54, 1.807) is 0 Å². The standard InChI is InChI=1S/C12H17ClO/c1-8(2)6-12(14)10-4-5-11(13)9(3)7-10/h4-5,7-8,12,14H,6H2,1-3H3. The molecule has 0 fully saturated rings. The van der Waals surface area contributed by atoms with Gasteiger partial charge in [0.05, 0.1) is 6.10 Å². The zero-order valence-electron chi connectivity index (χ0n) is 8.92. The Morgan fingerprint density at radius 2 is 2.00 bits per heavy atom. The molecule has 0 saturated heterocycles. The average Bonchev–Trinajstić information content (AvgIpc) is 2.08. The average molecular weight is 213 g/mol. The van der Waals surface area contributed by atoms with Crippen molar-refractivity contribution in [2.24, 2.45) is 5.92 Å². The van der Waals surface area contributed by atoms with Gasteiger partial charge in [0.15, 0.2) is 0 Å². The smallest absolute Gasteiger partial charge is 0.0792 e. The molecule has 0 saturated carbocycles. The van der Waals surface area contributed by atoms with Crippen LogP contribution in [0.5, 0.6) is 0 Å². The fourth-order valence-corrected chi connectivity index (χ4v) is 1.58. The first-order valence-electron chi connectivity index (χ1n) is 4.95. The summed E-state index contributed by atoms with van der Waals surface area (Å²) >= 11 is 5.91. The van der Waals surface area contributed by atoms with Crippen LogP contribution in [0.2, 0.25) is 5.02 Å². The first-order chi connectivity index (χ1) is 6.50. The Balaban J connectivity index is 2.80. The van der Waals surface area contributed by atoms with Crippen molar-refractivity contribution in [2.45, 2.75) is 33.3 Å². The molecule has 1 aromatic rings. The third-order valence-corrected chi connectivity index (χ3v) is 2.69. The van der Waals surface area contributed by atoms with Gasteiger partial charge in [-0.15, -0.1) is 0 Å². The van der Waals surface area contributed by atoms with Gasteiger partial charge >= 0.3 is 0 Å². The van der Waals surface area contributed by atoms with Gasteiger partial charge in [0.25, 0.3) is 0 Å². The highest BCUT2D eigenvalue weighted by atomic mass is 35.5. The summed E-state index contributed by atoms with van der Waals surface area (Å²) in [5.41, 5.74) is 1.98. The molecule has 1 nitrogen and oxygen atoms in total. The van der Waals surface area contributed by atoms with Crippen molar-refractivity contribution in [3.63, 3.8) is 0 Å². The molecule has 0 heterocycles.